The average Bonchev–Trinajstić information content (AvgIpc) is 2.81. The molecule has 0 saturated heterocycles. The van der Waals surface area contributed by atoms with Gasteiger partial charge in [0.1, 0.15) is 24.5 Å². The Morgan fingerprint density at radius 1 is 1.27 bits per heavy atom. The SMILES string of the molecule is CC(C)(CNc1ccc(C2=NNC(=O)CC2)cc1)NCC(O)COc1cc(Cl)ccc1C#N. The summed E-state index contributed by atoms with van der Waals surface area (Å²) in [7, 11) is 0. The second-order valence-electron chi connectivity index (χ2n) is 8.51. The Morgan fingerprint density at radius 3 is 2.70 bits per heavy atom. The third kappa shape index (κ3) is 7.46. The van der Waals surface area contributed by atoms with Crippen LogP contribution >= 0.6 is 11.6 Å². The van der Waals surface area contributed by atoms with Crippen molar-refractivity contribution in [2.45, 2.75) is 38.3 Å². The molecule has 9 heteroatoms. The Morgan fingerprint density at radius 2 is 2.03 bits per heavy atom. The van der Waals surface area contributed by atoms with Crippen LogP contribution in [0.2, 0.25) is 5.02 Å². The number of rotatable bonds is 10. The van der Waals surface area contributed by atoms with Crippen molar-refractivity contribution in [3.8, 4) is 11.8 Å². The van der Waals surface area contributed by atoms with E-state index in [0.717, 1.165) is 17.0 Å². The van der Waals surface area contributed by atoms with Gasteiger partial charge in [0.2, 0.25) is 5.91 Å². The van der Waals surface area contributed by atoms with Crippen LogP contribution in [0.4, 0.5) is 5.69 Å². The maximum absolute atomic E-state index is 11.2. The Balaban J connectivity index is 1.44. The molecule has 0 radical (unpaired) electrons. The minimum atomic E-state index is -0.758. The molecule has 0 aromatic heterocycles. The molecular weight excluding hydrogens is 442 g/mol. The van der Waals surface area contributed by atoms with Gasteiger partial charge in [-0.05, 0) is 43.7 Å². The second kappa shape index (κ2) is 11.1. The molecule has 0 bridgehead atoms. The maximum Gasteiger partial charge on any atom is 0.240 e. The Hall–Kier alpha value is -3.12. The van der Waals surface area contributed by atoms with Crippen LogP contribution in [0.15, 0.2) is 47.6 Å². The van der Waals surface area contributed by atoms with E-state index in [1.807, 2.05) is 44.2 Å². The number of hydrogen-bond donors (Lipinski definition) is 4. The minimum absolute atomic E-state index is 0.0390. The summed E-state index contributed by atoms with van der Waals surface area (Å²) in [6.07, 6.45) is 0.330. The lowest BCUT2D eigenvalue weighted by Gasteiger charge is -2.28. The van der Waals surface area contributed by atoms with Crippen molar-refractivity contribution < 1.29 is 14.6 Å². The largest absolute Gasteiger partial charge is 0.489 e. The molecule has 33 heavy (non-hydrogen) atoms. The number of hydrogen-bond acceptors (Lipinski definition) is 7. The zero-order chi connectivity index (χ0) is 23.8. The summed E-state index contributed by atoms with van der Waals surface area (Å²) in [6, 6.07) is 14.7. The number of nitrogens with one attached hydrogen (secondary N) is 3. The molecule has 0 saturated carbocycles. The first kappa shape index (κ1) is 24.5. The molecule has 0 fully saturated rings. The van der Waals surface area contributed by atoms with E-state index in [2.05, 4.69) is 21.2 Å². The van der Waals surface area contributed by atoms with Crippen LogP contribution in [0.25, 0.3) is 0 Å². The third-order valence-electron chi connectivity index (χ3n) is 5.17. The van der Waals surface area contributed by atoms with Crippen molar-refractivity contribution in [1.29, 1.82) is 5.26 Å². The van der Waals surface area contributed by atoms with Gasteiger partial charge in [0, 0.05) is 48.2 Å². The van der Waals surface area contributed by atoms with Crippen molar-refractivity contribution in [3.05, 3.63) is 58.6 Å². The molecule has 2 aromatic carbocycles. The van der Waals surface area contributed by atoms with E-state index in [1.54, 1.807) is 18.2 Å². The van der Waals surface area contributed by atoms with Crippen molar-refractivity contribution in [2.24, 2.45) is 5.10 Å². The van der Waals surface area contributed by atoms with Gasteiger partial charge < -0.3 is 20.5 Å². The summed E-state index contributed by atoms with van der Waals surface area (Å²) in [6.45, 7) is 5.06. The standard InChI is InChI=1S/C24H28ClN5O3/c1-24(2,28-13-20(31)14-33-22-11-18(25)6-3-17(22)12-26)15-27-19-7-4-16(5-8-19)21-9-10-23(32)30-29-21/h3-8,11,20,27-28,31H,9-10,13-15H2,1-2H3,(H,30,32). The summed E-state index contributed by atoms with van der Waals surface area (Å²) in [5.41, 5.74) is 5.41. The highest BCUT2D eigenvalue weighted by atomic mass is 35.5. The smallest absolute Gasteiger partial charge is 0.240 e. The predicted octanol–water partition coefficient (Wildman–Crippen LogP) is 3.05. The molecule has 1 heterocycles. The highest BCUT2D eigenvalue weighted by Gasteiger charge is 2.19. The number of aliphatic hydroxyl groups excluding tert-OH is 1. The number of amides is 1. The number of hydrazone groups is 1. The van der Waals surface area contributed by atoms with Crippen molar-refractivity contribution >= 4 is 28.9 Å². The highest BCUT2D eigenvalue weighted by molar-refractivity contribution is 6.30. The van der Waals surface area contributed by atoms with E-state index in [1.165, 1.54) is 0 Å². The zero-order valence-corrected chi connectivity index (χ0v) is 19.4. The monoisotopic (exact) mass is 469 g/mol. The van der Waals surface area contributed by atoms with E-state index in [4.69, 9.17) is 21.6 Å². The van der Waals surface area contributed by atoms with Crippen molar-refractivity contribution in [1.82, 2.24) is 10.7 Å². The molecule has 1 unspecified atom stereocenters. The highest BCUT2D eigenvalue weighted by Crippen LogP contribution is 2.23. The van der Waals surface area contributed by atoms with Gasteiger partial charge in [-0.1, -0.05) is 23.7 Å². The van der Waals surface area contributed by atoms with Gasteiger partial charge in [0.25, 0.3) is 0 Å². The molecule has 1 aliphatic heterocycles. The van der Waals surface area contributed by atoms with Gasteiger partial charge in [-0.25, -0.2) is 5.43 Å². The average molecular weight is 470 g/mol. The summed E-state index contributed by atoms with van der Waals surface area (Å²) < 4.78 is 5.59. The van der Waals surface area contributed by atoms with E-state index in [-0.39, 0.29) is 18.1 Å². The first-order chi connectivity index (χ1) is 15.8. The number of benzene rings is 2. The first-order valence-corrected chi connectivity index (χ1v) is 11.1. The molecule has 1 amide bonds. The lowest BCUT2D eigenvalue weighted by Crippen LogP contribution is -2.49. The topological polar surface area (TPSA) is 119 Å². The lowest BCUT2D eigenvalue weighted by atomic mass is 10.0. The molecular formula is C24H28ClN5O3. The van der Waals surface area contributed by atoms with E-state index in [9.17, 15) is 9.90 Å². The normalized spacial score (nSPS) is 14.6. The Labute approximate surface area is 198 Å². The van der Waals surface area contributed by atoms with Crippen LogP contribution in [0.5, 0.6) is 5.75 Å². The van der Waals surface area contributed by atoms with Crippen LogP contribution in [0, 0.1) is 11.3 Å². The maximum atomic E-state index is 11.2. The molecule has 3 rings (SSSR count). The van der Waals surface area contributed by atoms with Crippen LogP contribution < -0.4 is 20.8 Å². The van der Waals surface area contributed by atoms with E-state index in [0.29, 0.717) is 42.3 Å². The number of halogens is 1. The molecule has 2 aromatic rings. The number of β-amino-alcohol motifs (C(OH)–C–C–N with tert-alkyl or cyclic N) is 1. The van der Waals surface area contributed by atoms with Crippen LogP contribution in [-0.2, 0) is 4.79 Å². The quantitative estimate of drug-likeness (QED) is 0.424. The molecule has 8 nitrogen and oxygen atoms in total. The molecule has 174 valence electrons. The minimum Gasteiger partial charge on any atom is -0.489 e. The summed E-state index contributed by atoms with van der Waals surface area (Å²) >= 11 is 5.96. The number of ether oxygens (including phenoxy) is 1. The summed E-state index contributed by atoms with van der Waals surface area (Å²) in [5, 5.41) is 30.8. The fourth-order valence-electron chi connectivity index (χ4n) is 3.20. The Bertz CT molecular complexity index is 1050. The first-order valence-electron chi connectivity index (χ1n) is 10.7. The molecule has 4 N–H and O–H groups in total. The number of nitrogens with zero attached hydrogens (tertiary/aromatic N) is 2. The summed E-state index contributed by atoms with van der Waals surface area (Å²) in [5.74, 6) is 0.301. The Kier molecular flexibility index (Phi) is 8.28. The van der Waals surface area contributed by atoms with Gasteiger partial charge in [-0.3, -0.25) is 4.79 Å². The van der Waals surface area contributed by atoms with Gasteiger partial charge in [-0.15, -0.1) is 0 Å². The molecule has 0 spiro atoms. The zero-order valence-electron chi connectivity index (χ0n) is 18.7. The van der Waals surface area contributed by atoms with Gasteiger partial charge >= 0.3 is 0 Å². The van der Waals surface area contributed by atoms with Gasteiger partial charge in [0.15, 0.2) is 0 Å². The van der Waals surface area contributed by atoms with E-state index < -0.39 is 6.10 Å². The van der Waals surface area contributed by atoms with Crippen LogP contribution in [0.3, 0.4) is 0 Å². The molecule has 1 aliphatic rings. The van der Waals surface area contributed by atoms with Gasteiger partial charge in [0.05, 0.1) is 11.3 Å². The second-order valence-corrected chi connectivity index (χ2v) is 8.94. The number of carbonyl (C=O) groups is 1. The van der Waals surface area contributed by atoms with Crippen LogP contribution in [0.1, 0.15) is 37.8 Å². The fraction of sp³-hybridized carbons (Fsp3) is 0.375. The molecule has 1 atom stereocenters. The number of aliphatic hydroxyl groups is 1. The lowest BCUT2D eigenvalue weighted by molar-refractivity contribution is -0.121. The van der Waals surface area contributed by atoms with Crippen molar-refractivity contribution in [3.63, 3.8) is 0 Å². The van der Waals surface area contributed by atoms with Gasteiger partial charge in [-0.2, -0.15) is 10.4 Å². The van der Waals surface area contributed by atoms with Crippen molar-refractivity contribution in [2.75, 3.05) is 25.0 Å². The third-order valence-corrected chi connectivity index (χ3v) is 5.40. The van der Waals surface area contributed by atoms with Crippen LogP contribution in [-0.4, -0.2) is 48.1 Å². The fourth-order valence-corrected chi connectivity index (χ4v) is 3.36. The number of carbonyl (C=O) groups excluding carboxylic acids is 1. The predicted molar refractivity (Wildman–Crippen MR) is 129 cm³/mol. The van der Waals surface area contributed by atoms with E-state index >= 15 is 0 Å². The number of nitriles is 1. The summed E-state index contributed by atoms with van der Waals surface area (Å²) in [4.78, 5) is 11.2. The number of anilines is 1. The molecule has 0 aliphatic carbocycles.